The summed E-state index contributed by atoms with van der Waals surface area (Å²) in [6, 6.07) is 13.6. The van der Waals surface area contributed by atoms with E-state index in [9.17, 15) is 0 Å². The van der Waals surface area contributed by atoms with E-state index in [0.717, 1.165) is 40.2 Å². The van der Waals surface area contributed by atoms with Gasteiger partial charge >= 0.3 is 0 Å². The van der Waals surface area contributed by atoms with Crippen LogP contribution in [0.25, 0.3) is 10.9 Å². The summed E-state index contributed by atoms with van der Waals surface area (Å²) in [5, 5.41) is 1.08. The Morgan fingerprint density at radius 3 is 2.45 bits per heavy atom. The number of aromatic nitrogens is 1. The lowest BCUT2D eigenvalue weighted by atomic mass is 10.1. The highest BCUT2D eigenvalue weighted by atomic mass is 16.5. The van der Waals surface area contributed by atoms with Crippen LogP contribution in [0.1, 0.15) is 12.5 Å². The number of rotatable bonds is 5. The van der Waals surface area contributed by atoms with Crippen molar-refractivity contribution in [2.75, 3.05) is 12.8 Å². The van der Waals surface area contributed by atoms with E-state index in [0.29, 0.717) is 6.61 Å². The van der Waals surface area contributed by atoms with Crippen LogP contribution in [-0.4, -0.2) is 11.7 Å². The number of fused-ring (bicyclic) bond motifs is 1. The molecular weight excluding hydrogens is 276 g/mol. The lowest BCUT2D eigenvalue weighted by molar-refractivity contribution is 0.306. The molecule has 2 aromatic carbocycles. The first-order valence-electron chi connectivity index (χ1n) is 7.36. The predicted octanol–water partition coefficient (Wildman–Crippen LogP) is 3.83. The molecule has 3 aromatic rings. The molecule has 0 aliphatic heterocycles. The van der Waals surface area contributed by atoms with Crippen molar-refractivity contribution in [3.63, 3.8) is 0 Å². The van der Waals surface area contributed by atoms with Gasteiger partial charge in [-0.25, -0.2) is 0 Å². The molecule has 0 saturated heterocycles. The highest BCUT2D eigenvalue weighted by Gasteiger charge is 2.11. The molecule has 1 aromatic heterocycles. The SMILES string of the molecule is CCn1cc(COc2ccc(OC)cc2)c2c(N)cccc21. The number of methoxy groups -OCH3 is 1. The average molecular weight is 296 g/mol. The summed E-state index contributed by atoms with van der Waals surface area (Å²) >= 11 is 0. The van der Waals surface area contributed by atoms with Gasteiger partial charge in [0.15, 0.2) is 0 Å². The molecule has 3 rings (SSSR count). The van der Waals surface area contributed by atoms with Gasteiger partial charge in [0.25, 0.3) is 0 Å². The molecule has 0 amide bonds. The minimum Gasteiger partial charge on any atom is -0.497 e. The fourth-order valence-corrected chi connectivity index (χ4v) is 2.67. The van der Waals surface area contributed by atoms with Crippen LogP contribution in [0.5, 0.6) is 11.5 Å². The summed E-state index contributed by atoms with van der Waals surface area (Å²) in [4.78, 5) is 0. The van der Waals surface area contributed by atoms with E-state index in [1.165, 1.54) is 0 Å². The van der Waals surface area contributed by atoms with Crippen molar-refractivity contribution in [3.05, 3.63) is 54.2 Å². The van der Waals surface area contributed by atoms with E-state index in [-0.39, 0.29) is 0 Å². The lowest BCUT2D eigenvalue weighted by Gasteiger charge is -2.07. The zero-order valence-electron chi connectivity index (χ0n) is 12.9. The summed E-state index contributed by atoms with van der Waals surface area (Å²) in [5.74, 6) is 1.63. The normalized spacial score (nSPS) is 10.8. The number of hydrogen-bond donors (Lipinski definition) is 1. The number of nitrogen functional groups attached to an aromatic ring is 1. The molecule has 0 atom stereocenters. The van der Waals surface area contributed by atoms with Gasteiger partial charge in [0.05, 0.1) is 12.6 Å². The zero-order valence-corrected chi connectivity index (χ0v) is 12.9. The lowest BCUT2D eigenvalue weighted by Crippen LogP contribution is -1.96. The summed E-state index contributed by atoms with van der Waals surface area (Å²) in [6.07, 6.45) is 2.12. The molecule has 1 heterocycles. The summed E-state index contributed by atoms with van der Waals surface area (Å²) in [7, 11) is 1.65. The second kappa shape index (κ2) is 6.02. The first-order valence-corrected chi connectivity index (χ1v) is 7.36. The molecule has 114 valence electrons. The van der Waals surface area contributed by atoms with Gasteiger partial charge in [-0.3, -0.25) is 0 Å². The van der Waals surface area contributed by atoms with Crippen molar-refractivity contribution in [3.8, 4) is 11.5 Å². The first-order chi connectivity index (χ1) is 10.7. The minimum atomic E-state index is 0.490. The molecule has 0 bridgehead atoms. The minimum absolute atomic E-state index is 0.490. The van der Waals surface area contributed by atoms with E-state index >= 15 is 0 Å². The third kappa shape index (κ3) is 2.60. The number of aryl methyl sites for hydroxylation is 1. The standard InChI is InChI=1S/C18H20N2O2/c1-3-20-11-13(18-16(19)5-4-6-17(18)20)12-22-15-9-7-14(21-2)8-10-15/h4-11H,3,12,19H2,1-2H3. The molecule has 0 unspecified atom stereocenters. The van der Waals surface area contributed by atoms with Gasteiger partial charge in [-0.15, -0.1) is 0 Å². The molecule has 2 N–H and O–H groups in total. The van der Waals surface area contributed by atoms with Crippen LogP contribution in [0.4, 0.5) is 5.69 Å². The third-order valence-corrected chi connectivity index (χ3v) is 3.81. The van der Waals surface area contributed by atoms with Gasteiger partial charge in [0.1, 0.15) is 18.1 Å². The highest BCUT2D eigenvalue weighted by molar-refractivity contribution is 5.94. The Labute approximate surface area is 130 Å². The average Bonchev–Trinajstić information content (AvgIpc) is 2.93. The smallest absolute Gasteiger partial charge is 0.120 e. The number of benzene rings is 2. The van der Waals surface area contributed by atoms with Gasteiger partial charge in [-0.2, -0.15) is 0 Å². The Bertz CT molecular complexity index is 776. The van der Waals surface area contributed by atoms with E-state index in [1.807, 2.05) is 36.4 Å². The molecule has 4 heteroatoms. The molecule has 0 saturated carbocycles. The Morgan fingerprint density at radius 1 is 1.05 bits per heavy atom. The number of nitrogens with zero attached hydrogens (tertiary/aromatic N) is 1. The first kappa shape index (κ1) is 14.3. The maximum atomic E-state index is 6.15. The van der Waals surface area contributed by atoms with Crippen molar-refractivity contribution >= 4 is 16.6 Å². The number of hydrogen-bond acceptors (Lipinski definition) is 3. The van der Waals surface area contributed by atoms with Crippen LogP contribution in [-0.2, 0) is 13.2 Å². The second-order valence-corrected chi connectivity index (χ2v) is 5.15. The molecule has 0 spiro atoms. The van der Waals surface area contributed by atoms with Gasteiger partial charge in [0, 0.05) is 29.4 Å². The van der Waals surface area contributed by atoms with E-state index in [2.05, 4.69) is 23.8 Å². The quantitative estimate of drug-likeness (QED) is 0.728. The van der Waals surface area contributed by atoms with Crippen LogP contribution >= 0.6 is 0 Å². The fraction of sp³-hybridized carbons (Fsp3) is 0.222. The maximum Gasteiger partial charge on any atom is 0.120 e. The molecule has 4 nitrogen and oxygen atoms in total. The summed E-state index contributed by atoms with van der Waals surface area (Å²) in [6.45, 7) is 3.52. The monoisotopic (exact) mass is 296 g/mol. The van der Waals surface area contributed by atoms with Crippen molar-refractivity contribution < 1.29 is 9.47 Å². The van der Waals surface area contributed by atoms with E-state index in [4.69, 9.17) is 15.2 Å². The van der Waals surface area contributed by atoms with Crippen LogP contribution in [0.15, 0.2) is 48.7 Å². The van der Waals surface area contributed by atoms with Crippen molar-refractivity contribution in [2.24, 2.45) is 0 Å². The summed E-state index contributed by atoms with van der Waals surface area (Å²) in [5.41, 5.74) is 9.19. The van der Waals surface area contributed by atoms with Crippen LogP contribution in [0, 0.1) is 0 Å². The molecule has 0 radical (unpaired) electrons. The van der Waals surface area contributed by atoms with Gasteiger partial charge < -0.3 is 19.8 Å². The molecular formula is C18H20N2O2. The molecule has 0 fully saturated rings. The van der Waals surface area contributed by atoms with Gasteiger partial charge in [0.2, 0.25) is 0 Å². The fourth-order valence-electron chi connectivity index (χ4n) is 2.67. The number of ether oxygens (including phenoxy) is 2. The number of anilines is 1. The van der Waals surface area contributed by atoms with Crippen molar-refractivity contribution in [1.82, 2.24) is 4.57 Å². The summed E-state index contributed by atoms with van der Waals surface area (Å²) < 4.78 is 13.2. The Kier molecular flexibility index (Phi) is 3.92. The molecule has 0 aliphatic rings. The Hall–Kier alpha value is -2.62. The largest absolute Gasteiger partial charge is 0.497 e. The molecule has 0 aliphatic carbocycles. The van der Waals surface area contributed by atoms with Crippen molar-refractivity contribution in [2.45, 2.75) is 20.1 Å². The van der Waals surface area contributed by atoms with Crippen LogP contribution in [0.3, 0.4) is 0 Å². The zero-order chi connectivity index (χ0) is 15.5. The van der Waals surface area contributed by atoms with Crippen molar-refractivity contribution in [1.29, 1.82) is 0 Å². The highest BCUT2D eigenvalue weighted by Crippen LogP contribution is 2.28. The van der Waals surface area contributed by atoms with Gasteiger partial charge in [-0.1, -0.05) is 6.07 Å². The number of nitrogens with two attached hydrogens (primary N) is 1. The van der Waals surface area contributed by atoms with Crippen LogP contribution < -0.4 is 15.2 Å². The maximum absolute atomic E-state index is 6.15. The Morgan fingerprint density at radius 2 is 1.77 bits per heavy atom. The predicted molar refractivity (Wildman–Crippen MR) is 89.4 cm³/mol. The second-order valence-electron chi connectivity index (χ2n) is 5.15. The topological polar surface area (TPSA) is 49.4 Å². The van der Waals surface area contributed by atoms with Gasteiger partial charge in [-0.05, 0) is 43.3 Å². The van der Waals surface area contributed by atoms with E-state index < -0.39 is 0 Å². The third-order valence-electron chi connectivity index (χ3n) is 3.81. The molecule has 22 heavy (non-hydrogen) atoms. The van der Waals surface area contributed by atoms with E-state index in [1.54, 1.807) is 7.11 Å². The Balaban J connectivity index is 1.87. The van der Waals surface area contributed by atoms with Crippen LogP contribution in [0.2, 0.25) is 0 Å².